The lowest BCUT2D eigenvalue weighted by Crippen LogP contribution is -2.23. The number of esters is 1. The number of carbonyl (C=O) groups excluding carboxylic acids is 3. The minimum Gasteiger partial charge on any atom is -0.481 e. The van der Waals surface area contributed by atoms with Crippen molar-refractivity contribution in [2.75, 3.05) is 18.5 Å². The van der Waals surface area contributed by atoms with Gasteiger partial charge in [-0.1, -0.05) is 12.1 Å². The van der Waals surface area contributed by atoms with Gasteiger partial charge in [-0.3, -0.25) is 9.59 Å². The average molecular weight is 352 g/mol. The highest BCUT2D eigenvalue weighted by atomic mass is 16.6. The van der Waals surface area contributed by atoms with Gasteiger partial charge in [0, 0.05) is 11.3 Å². The van der Waals surface area contributed by atoms with Crippen molar-refractivity contribution in [3.05, 3.63) is 59.7 Å². The molecular weight excluding hydrogens is 336 g/mol. The van der Waals surface area contributed by atoms with Crippen LogP contribution in [-0.2, 0) is 14.3 Å². The Kier molecular flexibility index (Phi) is 6.46. The van der Waals surface area contributed by atoms with Gasteiger partial charge in [0.05, 0.1) is 5.56 Å². The Hall–Kier alpha value is -3.66. The number of anilines is 1. The van der Waals surface area contributed by atoms with Crippen LogP contribution in [-0.4, -0.2) is 30.9 Å². The predicted molar refractivity (Wildman–Crippen MR) is 92.7 cm³/mol. The van der Waals surface area contributed by atoms with Gasteiger partial charge in [-0.15, -0.1) is 0 Å². The number of ether oxygens (including phenoxy) is 2. The van der Waals surface area contributed by atoms with Crippen molar-refractivity contribution in [2.24, 2.45) is 0 Å². The third-order valence-electron chi connectivity index (χ3n) is 3.29. The van der Waals surface area contributed by atoms with Crippen molar-refractivity contribution in [1.82, 2.24) is 0 Å². The number of para-hydroxylation sites is 1. The lowest BCUT2D eigenvalue weighted by molar-refractivity contribution is -0.149. The minimum atomic E-state index is -0.736. The molecule has 0 radical (unpaired) electrons. The van der Waals surface area contributed by atoms with Gasteiger partial charge in [0.1, 0.15) is 11.8 Å². The van der Waals surface area contributed by atoms with Crippen LogP contribution in [0, 0.1) is 11.3 Å². The molecule has 0 atom stereocenters. The summed E-state index contributed by atoms with van der Waals surface area (Å²) in [5.74, 6) is -1.07. The Morgan fingerprint density at radius 1 is 1.04 bits per heavy atom. The zero-order chi connectivity index (χ0) is 18.9. The third kappa shape index (κ3) is 5.46. The summed E-state index contributed by atoms with van der Waals surface area (Å²) in [6.45, 7) is 0.556. The smallest absolute Gasteiger partial charge is 0.344 e. The van der Waals surface area contributed by atoms with Crippen molar-refractivity contribution >= 4 is 23.3 Å². The maximum atomic E-state index is 11.8. The molecule has 0 aromatic heterocycles. The fourth-order valence-corrected chi connectivity index (χ4v) is 1.99. The largest absolute Gasteiger partial charge is 0.481 e. The molecule has 1 amide bonds. The van der Waals surface area contributed by atoms with E-state index in [2.05, 4.69) is 5.32 Å². The van der Waals surface area contributed by atoms with Crippen LogP contribution < -0.4 is 10.1 Å². The molecule has 7 heteroatoms. The molecule has 0 saturated carbocycles. The summed E-state index contributed by atoms with van der Waals surface area (Å²) in [6, 6.07) is 14.8. The standard InChI is InChI=1S/C19H16N2O5/c1-13(22)14-6-8-16(9-7-14)21-18(23)11-26-19(24)12-25-17-5-3-2-4-15(17)10-20/h2-9H,11-12H2,1H3,(H,21,23). The number of amides is 1. The molecule has 2 rings (SSSR count). The molecule has 0 bridgehead atoms. The van der Waals surface area contributed by atoms with Gasteiger partial charge in [0.25, 0.3) is 5.91 Å². The summed E-state index contributed by atoms with van der Waals surface area (Å²) < 4.78 is 10.0. The maximum Gasteiger partial charge on any atom is 0.344 e. The fourth-order valence-electron chi connectivity index (χ4n) is 1.99. The van der Waals surface area contributed by atoms with Gasteiger partial charge in [0.2, 0.25) is 0 Å². The van der Waals surface area contributed by atoms with Crippen LogP contribution in [0.5, 0.6) is 5.75 Å². The van der Waals surface area contributed by atoms with Crippen molar-refractivity contribution in [1.29, 1.82) is 5.26 Å². The van der Waals surface area contributed by atoms with Crippen LogP contribution in [0.25, 0.3) is 0 Å². The number of rotatable bonds is 7. The van der Waals surface area contributed by atoms with E-state index in [1.54, 1.807) is 48.5 Å². The highest BCUT2D eigenvalue weighted by Gasteiger charge is 2.10. The van der Waals surface area contributed by atoms with Crippen LogP contribution in [0.3, 0.4) is 0 Å². The van der Waals surface area contributed by atoms with Gasteiger partial charge in [-0.05, 0) is 43.3 Å². The Balaban J connectivity index is 1.77. The number of carbonyl (C=O) groups is 3. The molecule has 0 aliphatic heterocycles. The van der Waals surface area contributed by atoms with Gasteiger partial charge in [-0.2, -0.15) is 5.26 Å². The summed E-state index contributed by atoms with van der Waals surface area (Å²) in [7, 11) is 0. The molecule has 0 unspecified atom stereocenters. The molecule has 0 spiro atoms. The number of hydrogen-bond donors (Lipinski definition) is 1. The number of nitriles is 1. The van der Waals surface area contributed by atoms with E-state index in [-0.39, 0.29) is 11.5 Å². The van der Waals surface area contributed by atoms with Crippen LogP contribution in [0.15, 0.2) is 48.5 Å². The van der Waals surface area contributed by atoms with E-state index in [0.29, 0.717) is 16.8 Å². The van der Waals surface area contributed by atoms with E-state index >= 15 is 0 Å². The molecule has 26 heavy (non-hydrogen) atoms. The van der Waals surface area contributed by atoms with Crippen LogP contribution in [0.4, 0.5) is 5.69 Å². The van der Waals surface area contributed by atoms with Crippen LogP contribution in [0.1, 0.15) is 22.8 Å². The topological polar surface area (TPSA) is 105 Å². The quantitative estimate of drug-likeness (QED) is 0.605. The summed E-state index contributed by atoms with van der Waals surface area (Å²) in [5.41, 5.74) is 1.31. The fraction of sp³-hybridized carbons (Fsp3) is 0.158. The average Bonchev–Trinajstić information content (AvgIpc) is 2.65. The van der Waals surface area contributed by atoms with E-state index in [4.69, 9.17) is 14.7 Å². The monoisotopic (exact) mass is 352 g/mol. The van der Waals surface area contributed by atoms with E-state index in [0.717, 1.165) is 0 Å². The maximum absolute atomic E-state index is 11.8. The second kappa shape index (κ2) is 8.99. The van der Waals surface area contributed by atoms with Gasteiger partial charge >= 0.3 is 5.97 Å². The summed E-state index contributed by atoms with van der Waals surface area (Å²) in [6.07, 6.45) is 0. The molecule has 2 aromatic rings. The Morgan fingerprint density at radius 3 is 2.38 bits per heavy atom. The summed E-state index contributed by atoms with van der Waals surface area (Å²) >= 11 is 0. The third-order valence-corrected chi connectivity index (χ3v) is 3.29. The molecule has 0 aliphatic carbocycles. The Bertz CT molecular complexity index is 853. The molecular formula is C19H16N2O5. The summed E-state index contributed by atoms with van der Waals surface area (Å²) in [5, 5.41) is 11.5. The molecule has 0 aliphatic rings. The van der Waals surface area contributed by atoms with Gasteiger partial charge in [0.15, 0.2) is 19.0 Å². The second-order valence-electron chi connectivity index (χ2n) is 5.24. The first-order chi connectivity index (χ1) is 12.5. The van der Waals surface area contributed by atoms with Gasteiger partial charge < -0.3 is 14.8 Å². The molecule has 7 nitrogen and oxygen atoms in total. The summed E-state index contributed by atoms with van der Waals surface area (Å²) in [4.78, 5) is 34.6. The lowest BCUT2D eigenvalue weighted by atomic mass is 10.1. The Labute approximate surface area is 150 Å². The van der Waals surface area contributed by atoms with E-state index < -0.39 is 25.1 Å². The molecule has 2 aromatic carbocycles. The molecule has 132 valence electrons. The van der Waals surface area contributed by atoms with E-state index in [1.165, 1.54) is 6.92 Å². The zero-order valence-electron chi connectivity index (χ0n) is 14.0. The number of benzene rings is 2. The normalized spacial score (nSPS) is 9.69. The van der Waals surface area contributed by atoms with Crippen molar-refractivity contribution < 1.29 is 23.9 Å². The highest BCUT2D eigenvalue weighted by molar-refractivity contribution is 5.96. The number of Topliss-reactive ketones (excluding diaryl/α,β-unsaturated/α-hetero) is 1. The minimum absolute atomic E-state index is 0.0743. The van der Waals surface area contributed by atoms with Crippen molar-refractivity contribution in [3.63, 3.8) is 0 Å². The first-order valence-electron chi connectivity index (χ1n) is 7.68. The number of nitrogens with zero attached hydrogens (tertiary/aromatic N) is 1. The number of nitrogens with one attached hydrogen (secondary N) is 1. The zero-order valence-corrected chi connectivity index (χ0v) is 14.0. The van der Waals surface area contributed by atoms with Crippen molar-refractivity contribution in [3.8, 4) is 11.8 Å². The van der Waals surface area contributed by atoms with E-state index in [9.17, 15) is 14.4 Å². The van der Waals surface area contributed by atoms with Crippen molar-refractivity contribution in [2.45, 2.75) is 6.92 Å². The molecule has 0 fully saturated rings. The first kappa shape index (κ1) is 18.7. The lowest BCUT2D eigenvalue weighted by Gasteiger charge is -2.09. The van der Waals surface area contributed by atoms with Crippen LogP contribution in [0.2, 0.25) is 0 Å². The first-order valence-corrected chi connectivity index (χ1v) is 7.68. The Morgan fingerprint density at radius 2 is 1.73 bits per heavy atom. The number of hydrogen-bond acceptors (Lipinski definition) is 6. The predicted octanol–water partition coefficient (Wildman–Crippen LogP) is 2.32. The molecule has 0 saturated heterocycles. The second-order valence-corrected chi connectivity index (χ2v) is 5.24. The molecule has 0 heterocycles. The molecule has 1 N–H and O–H groups in total. The number of ketones is 1. The van der Waals surface area contributed by atoms with E-state index in [1.807, 2.05) is 6.07 Å². The SMILES string of the molecule is CC(=O)c1ccc(NC(=O)COC(=O)COc2ccccc2C#N)cc1. The highest BCUT2D eigenvalue weighted by Crippen LogP contribution is 2.16. The van der Waals surface area contributed by atoms with Crippen LogP contribution >= 0.6 is 0 Å². The van der Waals surface area contributed by atoms with Gasteiger partial charge in [-0.25, -0.2) is 4.79 Å².